The Morgan fingerprint density at radius 1 is 0.683 bits per heavy atom. The van der Waals surface area contributed by atoms with Crippen LogP contribution in [-0.2, 0) is 6.42 Å². The second kappa shape index (κ2) is 20.4. The lowest BCUT2D eigenvalue weighted by Crippen LogP contribution is -2.49. The molecule has 10 nitrogen and oxygen atoms in total. The van der Waals surface area contributed by atoms with Gasteiger partial charge >= 0.3 is 0 Å². The van der Waals surface area contributed by atoms with Gasteiger partial charge in [-0.3, -0.25) is 9.59 Å². The number of Topliss-reactive ketones (excluding diaryl/α,β-unsaturated/α-hetero) is 2. The summed E-state index contributed by atoms with van der Waals surface area (Å²) in [5.41, 5.74) is 3.95. The Hall–Kier alpha value is -4.71. The van der Waals surface area contributed by atoms with Crippen LogP contribution in [0.15, 0.2) is 57.4 Å². The van der Waals surface area contributed by atoms with Crippen LogP contribution in [0.25, 0.3) is 33.1 Å². The van der Waals surface area contributed by atoms with E-state index in [1.165, 1.54) is 6.07 Å². The van der Waals surface area contributed by atoms with Crippen LogP contribution in [0.5, 0.6) is 17.2 Å². The number of rotatable bonds is 22. The molecule has 1 fully saturated rings. The SMILES string of the molecule is CC(C)NC[C@@H](C)Oc1cc(-c2c(OC3CC(NC(C)C)C3)cc(CC(C)c3cc(F)cc(O[C@@H](C)CNC(C)C)c3)c3oc(C(=O)C(C)C)cc23)c2oc(C(=O)C(C)C)cc2c1. The fourth-order valence-electron chi connectivity index (χ4n) is 8.14. The topological polar surface area (TPSA) is 124 Å². The molecular weight excluding hydrogens is 798 g/mol. The minimum Gasteiger partial charge on any atom is -0.490 e. The van der Waals surface area contributed by atoms with Gasteiger partial charge in [-0.25, -0.2) is 4.39 Å². The number of benzene rings is 3. The van der Waals surface area contributed by atoms with Crippen molar-refractivity contribution in [2.75, 3.05) is 13.1 Å². The van der Waals surface area contributed by atoms with E-state index in [4.69, 9.17) is 23.0 Å². The Labute approximate surface area is 373 Å². The summed E-state index contributed by atoms with van der Waals surface area (Å²) in [6.45, 7) is 27.3. The second-order valence-corrected chi connectivity index (χ2v) is 19.3. The molecular formula is C52H70FN3O7. The minimum atomic E-state index is -0.380. The van der Waals surface area contributed by atoms with Crippen LogP contribution in [0.1, 0.15) is 141 Å². The Morgan fingerprint density at radius 3 is 1.83 bits per heavy atom. The number of ether oxygens (including phenoxy) is 3. The molecule has 1 unspecified atom stereocenters. The number of ketones is 2. The van der Waals surface area contributed by atoms with E-state index >= 15 is 4.39 Å². The highest BCUT2D eigenvalue weighted by atomic mass is 19.1. The van der Waals surface area contributed by atoms with Crippen LogP contribution in [0.3, 0.4) is 0 Å². The van der Waals surface area contributed by atoms with Crippen LogP contribution in [0, 0.1) is 17.7 Å². The molecule has 63 heavy (non-hydrogen) atoms. The zero-order valence-electron chi connectivity index (χ0n) is 39.7. The number of fused-ring (bicyclic) bond motifs is 2. The summed E-state index contributed by atoms with van der Waals surface area (Å²) >= 11 is 0. The predicted molar refractivity (Wildman–Crippen MR) is 250 cm³/mol. The molecule has 5 aromatic rings. The monoisotopic (exact) mass is 868 g/mol. The van der Waals surface area contributed by atoms with Gasteiger partial charge in [-0.1, -0.05) is 76.2 Å². The van der Waals surface area contributed by atoms with Gasteiger partial charge in [-0.2, -0.15) is 0 Å². The molecule has 0 spiro atoms. The molecule has 2 aromatic heterocycles. The molecule has 1 aliphatic rings. The summed E-state index contributed by atoms with van der Waals surface area (Å²) in [5, 5.41) is 11.8. The lowest BCUT2D eigenvalue weighted by atomic mass is 9.87. The summed E-state index contributed by atoms with van der Waals surface area (Å²) in [4.78, 5) is 27.2. The number of halogens is 1. The van der Waals surface area contributed by atoms with E-state index < -0.39 is 0 Å². The quantitative estimate of drug-likeness (QED) is 0.0579. The number of carbonyl (C=O) groups excluding carboxylic acids is 2. The first kappa shape index (κ1) is 47.8. The first-order valence-electron chi connectivity index (χ1n) is 23.0. The molecule has 0 amide bonds. The van der Waals surface area contributed by atoms with Crippen molar-refractivity contribution in [3.63, 3.8) is 0 Å². The third-order valence-electron chi connectivity index (χ3n) is 11.5. The molecule has 0 bridgehead atoms. The molecule has 1 aliphatic carbocycles. The van der Waals surface area contributed by atoms with E-state index in [1.807, 2.05) is 71.9 Å². The van der Waals surface area contributed by atoms with Crippen LogP contribution >= 0.6 is 0 Å². The molecule has 1 saturated carbocycles. The van der Waals surface area contributed by atoms with Gasteiger partial charge in [-0.05, 0) is 92.6 Å². The number of nitrogens with one attached hydrogen (secondary N) is 3. The summed E-state index contributed by atoms with van der Waals surface area (Å²) < 4.78 is 48.2. The van der Waals surface area contributed by atoms with Gasteiger partial charge < -0.3 is 39.0 Å². The lowest BCUT2D eigenvalue weighted by molar-refractivity contribution is 0.0820. The Morgan fingerprint density at radius 2 is 1.25 bits per heavy atom. The molecule has 3 N–H and O–H groups in total. The zero-order chi connectivity index (χ0) is 45.9. The van der Waals surface area contributed by atoms with Crippen molar-refractivity contribution in [1.29, 1.82) is 0 Å². The highest BCUT2D eigenvalue weighted by Crippen LogP contribution is 2.48. The van der Waals surface area contributed by atoms with E-state index in [-0.39, 0.29) is 71.0 Å². The van der Waals surface area contributed by atoms with Crippen LogP contribution < -0.4 is 30.2 Å². The third-order valence-corrected chi connectivity index (χ3v) is 11.5. The number of hydrogen-bond acceptors (Lipinski definition) is 10. The van der Waals surface area contributed by atoms with Crippen LogP contribution in [0.4, 0.5) is 4.39 Å². The molecule has 0 aliphatic heterocycles. The van der Waals surface area contributed by atoms with Crippen molar-refractivity contribution in [2.24, 2.45) is 11.8 Å². The largest absolute Gasteiger partial charge is 0.490 e. The highest BCUT2D eigenvalue weighted by Gasteiger charge is 2.34. The van der Waals surface area contributed by atoms with Gasteiger partial charge in [0, 0.05) is 77.1 Å². The zero-order valence-corrected chi connectivity index (χ0v) is 39.7. The maximum absolute atomic E-state index is 15.3. The maximum atomic E-state index is 15.3. The third kappa shape index (κ3) is 11.9. The molecule has 11 heteroatoms. The average Bonchev–Trinajstić information content (AvgIpc) is 3.83. The molecule has 0 radical (unpaired) electrons. The van der Waals surface area contributed by atoms with Crippen molar-refractivity contribution in [3.05, 3.63) is 77.0 Å². The van der Waals surface area contributed by atoms with Crippen molar-refractivity contribution in [2.45, 2.75) is 158 Å². The number of hydrogen-bond donors (Lipinski definition) is 3. The van der Waals surface area contributed by atoms with Crippen molar-refractivity contribution >= 4 is 33.5 Å². The summed E-state index contributed by atoms with van der Waals surface area (Å²) in [6.07, 6.45) is 1.63. The van der Waals surface area contributed by atoms with E-state index in [2.05, 4.69) is 64.4 Å². The Balaban J connectivity index is 1.53. The molecule has 2 heterocycles. The van der Waals surface area contributed by atoms with Crippen molar-refractivity contribution < 1.29 is 37.0 Å². The minimum absolute atomic E-state index is 0.0896. The number of carbonyl (C=O) groups is 2. The van der Waals surface area contributed by atoms with Crippen molar-refractivity contribution in [3.8, 4) is 28.4 Å². The van der Waals surface area contributed by atoms with Gasteiger partial charge in [0.2, 0.25) is 11.6 Å². The summed E-state index contributed by atoms with van der Waals surface area (Å²) in [6, 6.07) is 15.6. The van der Waals surface area contributed by atoms with E-state index in [0.717, 1.165) is 24.0 Å². The van der Waals surface area contributed by atoms with E-state index in [0.29, 0.717) is 87.9 Å². The number of furan rings is 2. The van der Waals surface area contributed by atoms with Crippen LogP contribution in [-0.4, -0.2) is 67.1 Å². The smallest absolute Gasteiger partial charge is 0.200 e. The molecule has 3 atom stereocenters. The second-order valence-electron chi connectivity index (χ2n) is 19.3. The summed E-state index contributed by atoms with van der Waals surface area (Å²) in [5.74, 6) is 0.722. The van der Waals surface area contributed by atoms with Gasteiger partial charge in [0.1, 0.15) is 52.5 Å². The predicted octanol–water partition coefficient (Wildman–Crippen LogP) is 11.4. The van der Waals surface area contributed by atoms with Gasteiger partial charge in [0.15, 0.2) is 11.5 Å². The molecule has 342 valence electrons. The van der Waals surface area contributed by atoms with Gasteiger partial charge in [0.25, 0.3) is 0 Å². The molecule has 6 rings (SSSR count). The Bertz CT molecular complexity index is 2370. The summed E-state index contributed by atoms with van der Waals surface area (Å²) in [7, 11) is 0. The van der Waals surface area contributed by atoms with Gasteiger partial charge in [0.05, 0.1) is 0 Å². The van der Waals surface area contributed by atoms with E-state index in [1.54, 1.807) is 12.1 Å². The lowest BCUT2D eigenvalue weighted by Gasteiger charge is -2.37. The Kier molecular flexibility index (Phi) is 15.5. The van der Waals surface area contributed by atoms with E-state index in [9.17, 15) is 9.59 Å². The first-order valence-corrected chi connectivity index (χ1v) is 23.0. The fraction of sp³-hybridized carbons (Fsp3) is 0.538. The average molecular weight is 868 g/mol. The molecule has 0 saturated heterocycles. The highest BCUT2D eigenvalue weighted by molar-refractivity contribution is 6.10. The fourth-order valence-corrected chi connectivity index (χ4v) is 8.14. The standard InChI is InChI=1S/C52H70FN3O7/c1-27(2)49(57)46-19-37-17-41(60-34(13)26-55-30(7)8)23-43(52(37)62-46)48-44-24-47(50(58)28(3)4)63-51(44)36(18-45(48)61-42-21-39(22-42)56-31(9)10)14-32(11)35-15-38(53)20-40(16-35)59-33(12)25-54-29(5)6/h15-20,23-24,27-34,39,42,54-56H,14,21-22,25-26H2,1-13H3/t32?,33-,34+,39?,42?/m0/s1. The first-order chi connectivity index (χ1) is 29.8. The van der Waals surface area contributed by atoms with Crippen molar-refractivity contribution in [1.82, 2.24) is 16.0 Å². The van der Waals surface area contributed by atoms with Gasteiger partial charge in [-0.15, -0.1) is 0 Å². The maximum Gasteiger partial charge on any atom is 0.200 e. The van der Waals surface area contributed by atoms with Crippen LogP contribution in [0.2, 0.25) is 0 Å². The molecule has 3 aromatic carbocycles. The normalized spacial score (nSPS) is 17.0.